The Balaban J connectivity index is 2.15. The number of nitrogens with zero attached hydrogens (tertiary/aromatic N) is 1. The maximum absolute atomic E-state index is 9.74. The number of likely N-dealkylation sites (N-methyl/N-ethyl adjacent to an activating group) is 1. The second kappa shape index (κ2) is 8.08. The topological polar surface area (TPSA) is 44.7 Å². The lowest BCUT2D eigenvalue weighted by atomic mass is 10.2. The van der Waals surface area contributed by atoms with Crippen molar-refractivity contribution >= 4 is 0 Å². The van der Waals surface area contributed by atoms with Gasteiger partial charge >= 0.3 is 0 Å². The second-order valence-electron chi connectivity index (χ2n) is 4.79. The van der Waals surface area contributed by atoms with E-state index in [2.05, 4.69) is 10.2 Å². The molecule has 1 aromatic carbocycles. The smallest absolute Gasteiger partial charge is 0.119 e. The molecule has 0 aliphatic heterocycles. The number of aryl methyl sites for hydroxylation is 1. The van der Waals surface area contributed by atoms with Crippen molar-refractivity contribution in [2.45, 2.75) is 13.0 Å². The highest BCUT2D eigenvalue weighted by Crippen LogP contribution is 2.12. The summed E-state index contributed by atoms with van der Waals surface area (Å²) >= 11 is 0. The summed E-state index contributed by atoms with van der Waals surface area (Å²) in [5.74, 6) is 0.808. The van der Waals surface area contributed by atoms with Crippen LogP contribution in [0.1, 0.15) is 5.56 Å². The van der Waals surface area contributed by atoms with Crippen LogP contribution in [0.5, 0.6) is 5.75 Å². The number of hydrogen-bond acceptors (Lipinski definition) is 4. The van der Waals surface area contributed by atoms with E-state index in [0.717, 1.165) is 24.4 Å². The highest BCUT2D eigenvalue weighted by Gasteiger charge is 2.04. The lowest BCUT2D eigenvalue weighted by molar-refractivity contribution is 0.106. The Labute approximate surface area is 110 Å². The molecule has 0 amide bonds. The molecule has 4 heteroatoms. The van der Waals surface area contributed by atoms with Gasteiger partial charge in [0.05, 0.1) is 0 Å². The lowest BCUT2D eigenvalue weighted by Gasteiger charge is -2.15. The van der Waals surface area contributed by atoms with Crippen molar-refractivity contribution in [1.29, 1.82) is 0 Å². The van der Waals surface area contributed by atoms with Crippen molar-refractivity contribution in [3.63, 3.8) is 0 Å². The summed E-state index contributed by atoms with van der Waals surface area (Å²) in [4.78, 5) is 2.10. The van der Waals surface area contributed by atoms with Gasteiger partial charge in [-0.25, -0.2) is 0 Å². The third-order valence-electron chi connectivity index (χ3n) is 2.55. The van der Waals surface area contributed by atoms with E-state index in [4.69, 9.17) is 4.74 Å². The van der Waals surface area contributed by atoms with Crippen LogP contribution in [0, 0.1) is 6.92 Å². The number of aliphatic hydroxyl groups is 1. The molecule has 0 fully saturated rings. The van der Waals surface area contributed by atoms with Crippen molar-refractivity contribution < 1.29 is 9.84 Å². The molecule has 1 aromatic rings. The molecule has 0 aliphatic carbocycles. The fraction of sp³-hybridized carbons (Fsp3) is 0.571. The van der Waals surface area contributed by atoms with Crippen LogP contribution in [0.4, 0.5) is 0 Å². The van der Waals surface area contributed by atoms with Gasteiger partial charge in [-0.1, -0.05) is 12.1 Å². The van der Waals surface area contributed by atoms with E-state index in [1.54, 1.807) is 0 Å². The zero-order chi connectivity index (χ0) is 13.4. The number of aliphatic hydroxyl groups excluding tert-OH is 1. The quantitative estimate of drug-likeness (QED) is 0.674. The van der Waals surface area contributed by atoms with Crippen LogP contribution >= 0.6 is 0 Å². The number of ether oxygens (including phenoxy) is 1. The average molecular weight is 252 g/mol. The summed E-state index contributed by atoms with van der Waals surface area (Å²) in [7, 11) is 4.05. The summed E-state index contributed by atoms with van der Waals surface area (Å²) in [5.41, 5.74) is 1.16. The maximum Gasteiger partial charge on any atom is 0.119 e. The predicted molar refractivity (Wildman–Crippen MR) is 74.1 cm³/mol. The summed E-state index contributed by atoms with van der Waals surface area (Å²) in [5, 5.41) is 12.9. The zero-order valence-electron chi connectivity index (χ0n) is 11.5. The standard InChI is InChI=1S/C14H24N2O2/c1-12-5-4-6-14(9-12)18-11-13(17)10-15-7-8-16(2)3/h4-6,9,13,15,17H,7-8,10-11H2,1-3H3. The van der Waals surface area contributed by atoms with Crippen molar-refractivity contribution in [2.75, 3.05) is 40.3 Å². The molecular weight excluding hydrogens is 228 g/mol. The van der Waals surface area contributed by atoms with Crippen molar-refractivity contribution in [3.8, 4) is 5.75 Å². The number of rotatable bonds is 8. The highest BCUT2D eigenvalue weighted by molar-refractivity contribution is 5.27. The van der Waals surface area contributed by atoms with Crippen LogP contribution in [-0.2, 0) is 0 Å². The molecule has 102 valence electrons. The van der Waals surface area contributed by atoms with E-state index < -0.39 is 6.10 Å². The van der Waals surface area contributed by atoms with Crippen molar-refractivity contribution in [1.82, 2.24) is 10.2 Å². The molecule has 1 unspecified atom stereocenters. The first-order valence-electron chi connectivity index (χ1n) is 6.31. The van der Waals surface area contributed by atoms with Gasteiger partial charge in [0.25, 0.3) is 0 Å². The Morgan fingerprint density at radius 1 is 1.39 bits per heavy atom. The van der Waals surface area contributed by atoms with Crippen LogP contribution < -0.4 is 10.1 Å². The molecule has 4 nitrogen and oxygen atoms in total. The van der Waals surface area contributed by atoms with Gasteiger partial charge in [0.1, 0.15) is 18.5 Å². The molecule has 0 spiro atoms. The fourth-order valence-corrected chi connectivity index (χ4v) is 1.53. The van der Waals surface area contributed by atoms with Gasteiger partial charge in [-0.2, -0.15) is 0 Å². The van der Waals surface area contributed by atoms with E-state index >= 15 is 0 Å². The Morgan fingerprint density at radius 3 is 2.83 bits per heavy atom. The third-order valence-corrected chi connectivity index (χ3v) is 2.55. The summed E-state index contributed by atoms with van der Waals surface area (Å²) in [6.45, 7) is 4.73. The maximum atomic E-state index is 9.74. The van der Waals surface area contributed by atoms with E-state index in [1.165, 1.54) is 0 Å². The first-order valence-corrected chi connectivity index (χ1v) is 6.31. The molecule has 0 radical (unpaired) electrons. The molecule has 0 aliphatic rings. The lowest BCUT2D eigenvalue weighted by Crippen LogP contribution is -2.35. The van der Waals surface area contributed by atoms with Gasteiger partial charge in [0.15, 0.2) is 0 Å². The fourth-order valence-electron chi connectivity index (χ4n) is 1.53. The van der Waals surface area contributed by atoms with E-state index in [9.17, 15) is 5.11 Å². The van der Waals surface area contributed by atoms with Crippen LogP contribution in [0.3, 0.4) is 0 Å². The van der Waals surface area contributed by atoms with E-state index in [0.29, 0.717) is 13.2 Å². The highest BCUT2D eigenvalue weighted by atomic mass is 16.5. The second-order valence-corrected chi connectivity index (χ2v) is 4.79. The van der Waals surface area contributed by atoms with Gasteiger partial charge in [-0.15, -0.1) is 0 Å². The molecular formula is C14H24N2O2. The molecule has 1 atom stereocenters. The largest absolute Gasteiger partial charge is 0.491 e. The van der Waals surface area contributed by atoms with Crippen molar-refractivity contribution in [2.24, 2.45) is 0 Å². The molecule has 18 heavy (non-hydrogen) atoms. The molecule has 0 saturated carbocycles. The molecule has 0 heterocycles. The number of nitrogens with one attached hydrogen (secondary N) is 1. The Hall–Kier alpha value is -1.10. The van der Waals surface area contributed by atoms with Gasteiger partial charge in [0.2, 0.25) is 0 Å². The van der Waals surface area contributed by atoms with E-state index in [-0.39, 0.29) is 0 Å². The first-order chi connectivity index (χ1) is 8.58. The zero-order valence-corrected chi connectivity index (χ0v) is 11.5. The van der Waals surface area contributed by atoms with Crippen LogP contribution in [0.15, 0.2) is 24.3 Å². The molecule has 0 aromatic heterocycles. The number of hydrogen-bond donors (Lipinski definition) is 2. The number of benzene rings is 1. The normalized spacial score (nSPS) is 12.7. The first kappa shape index (κ1) is 15.0. The molecule has 2 N–H and O–H groups in total. The minimum atomic E-state index is -0.479. The van der Waals surface area contributed by atoms with Gasteiger partial charge < -0.3 is 20.1 Å². The summed E-state index contributed by atoms with van der Waals surface area (Å²) in [6.07, 6.45) is -0.479. The third kappa shape index (κ3) is 6.59. The predicted octanol–water partition coefficient (Wildman–Crippen LogP) is 0.886. The van der Waals surface area contributed by atoms with Gasteiger partial charge in [-0.05, 0) is 38.7 Å². The van der Waals surface area contributed by atoms with Crippen LogP contribution in [-0.4, -0.2) is 56.4 Å². The van der Waals surface area contributed by atoms with Gasteiger partial charge in [0, 0.05) is 19.6 Å². The summed E-state index contributed by atoms with van der Waals surface area (Å²) in [6, 6.07) is 7.84. The van der Waals surface area contributed by atoms with Crippen molar-refractivity contribution in [3.05, 3.63) is 29.8 Å². The Kier molecular flexibility index (Phi) is 6.72. The minimum Gasteiger partial charge on any atom is -0.491 e. The van der Waals surface area contributed by atoms with Gasteiger partial charge in [-0.3, -0.25) is 0 Å². The Bertz CT molecular complexity index is 342. The van der Waals surface area contributed by atoms with E-state index in [1.807, 2.05) is 45.3 Å². The Morgan fingerprint density at radius 2 is 2.17 bits per heavy atom. The van der Waals surface area contributed by atoms with Crippen LogP contribution in [0.25, 0.3) is 0 Å². The minimum absolute atomic E-state index is 0.318. The average Bonchev–Trinajstić information content (AvgIpc) is 2.32. The monoisotopic (exact) mass is 252 g/mol. The SMILES string of the molecule is Cc1cccc(OCC(O)CNCCN(C)C)c1. The summed E-state index contributed by atoms with van der Waals surface area (Å²) < 4.78 is 5.53. The molecule has 0 saturated heterocycles. The van der Waals surface area contributed by atoms with Crippen LogP contribution in [0.2, 0.25) is 0 Å². The molecule has 0 bridgehead atoms. The molecule has 1 rings (SSSR count).